The van der Waals surface area contributed by atoms with Gasteiger partial charge in [0.05, 0.1) is 0 Å². The Kier molecular flexibility index (Phi) is 4.05. The van der Waals surface area contributed by atoms with Crippen LogP contribution in [0.5, 0.6) is 0 Å². The smallest absolute Gasteiger partial charge is 0.0118 e. The van der Waals surface area contributed by atoms with Crippen LogP contribution >= 0.6 is 11.3 Å². The van der Waals surface area contributed by atoms with E-state index in [1.165, 1.54) is 32.1 Å². The molecule has 0 amide bonds. The molecule has 2 saturated carbocycles. The number of hydrogen-bond donors (Lipinski definition) is 1. The van der Waals surface area contributed by atoms with Crippen molar-refractivity contribution >= 4 is 11.3 Å². The fraction of sp³-hybridized carbons (Fsp3) is 0.750. The van der Waals surface area contributed by atoms with Crippen molar-refractivity contribution in [2.45, 2.75) is 51.5 Å². The first-order chi connectivity index (χ1) is 8.85. The molecule has 0 aromatic carbocycles. The fourth-order valence-corrected chi connectivity index (χ4v) is 5.02. The minimum absolute atomic E-state index is 0.706. The molecule has 1 aromatic rings. The molecule has 2 aliphatic carbocycles. The van der Waals surface area contributed by atoms with Crippen molar-refractivity contribution in [3.63, 3.8) is 0 Å². The molecule has 1 N–H and O–H groups in total. The first-order valence-electron chi connectivity index (χ1n) is 7.61. The van der Waals surface area contributed by atoms with E-state index in [0.717, 1.165) is 24.3 Å². The van der Waals surface area contributed by atoms with Gasteiger partial charge >= 0.3 is 0 Å². The normalized spacial score (nSPS) is 31.9. The molecule has 0 saturated heterocycles. The summed E-state index contributed by atoms with van der Waals surface area (Å²) in [5, 5.41) is 5.92. The molecule has 1 nitrogen and oxygen atoms in total. The molecule has 4 unspecified atom stereocenters. The van der Waals surface area contributed by atoms with Gasteiger partial charge < -0.3 is 5.32 Å². The van der Waals surface area contributed by atoms with Gasteiger partial charge in [-0.2, -0.15) is 0 Å². The maximum absolute atomic E-state index is 3.71. The van der Waals surface area contributed by atoms with Crippen molar-refractivity contribution in [2.24, 2.45) is 17.8 Å². The highest BCUT2D eigenvalue weighted by atomic mass is 32.1. The zero-order chi connectivity index (χ0) is 12.4. The molecule has 18 heavy (non-hydrogen) atoms. The first kappa shape index (κ1) is 12.7. The minimum Gasteiger partial charge on any atom is -0.314 e. The second kappa shape index (κ2) is 5.75. The van der Waals surface area contributed by atoms with Gasteiger partial charge in [-0.15, -0.1) is 11.3 Å². The highest BCUT2D eigenvalue weighted by Crippen LogP contribution is 2.50. The predicted octanol–water partition coefficient (Wildman–Crippen LogP) is 4.10. The number of likely N-dealkylation sites (N-methyl/N-ethyl adjacent to an activating group) is 1. The average molecular weight is 263 g/mol. The first-order valence-corrected chi connectivity index (χ1v) is 8.49. The SMILES string of the molecule is CCNC(Cc1cccs1)CC1CC2CCC1C2. The molecule has 0 spiro atoms. The fourth-order valence-electron chi connectivity index (χ4n) is 4.23. The van der Waals surface area contributed by atoms with E-state index in [2.05, 4.69) is 29.8 Å². The number of nitrogens with one attached hydrogen (secondary N) is 1. The molecule has 2 aliphatic rings. The third kappa shape index (κ3) is 2.80. The number of hydrogen-bond acceptors (Lipinski definition) is 2. The van der Waals surface area contributed by atoms with E-state index in [4.69, 9.17) is 0 Å². The molecule has 2 heteroatoms. The monoisotopic (exact) mass is 263 g/mol. The van der Waals surface area contributed by atoms with Crippen LogP contribution < -0.4 is 5.32 Å². The molecule has 3 rings (SSSR count). The summed E-state index contributed by atoms with van der Waals surface area (Å²) in [7, 11) is 0. The molecule has 2 bridgehead atoms. The predicted molar refractivity (Wildman–Crippen MR) is 79.0 cm³/mol. The highest BCUT2D eigenvalue weighted by molar-refractivity contribution is 7.09. The van der Waals surface area contributed by atoms with Crippen molar-refractivity contribution in [3.8, 4) is 0 Å². The number of fused-ring (bicyclic) bond motifs is 2. The maximum atomic E-state index is 3.71. The Labute approximate surface area is 115 Å². The summed E-state index contributed by atoms with van der Waals surface area (Å²) in [6.45, 7) is 3.35. The Balaban J connectivity index is 1.56. The van der Waals surface area contributed by atoms with Gasteiger partial charge in [0.25, 0.3) is 0 Å². The van der Waals surface area contributed by atoms with E-state index >= 15 is 0 Å². The largest absolute Gasteiger partial charge is 0.314 e. The zero-order valence-corrected chi connectivity index (χ0v) is 12.2. The van der Waals surface area contributed by atoms with E-state index in [-0.39, 0.29) is 0 Å². The molecule has 0 aliphatic heterocycles. The van der Waals surface area contributed by atoms with Gasteiger partial charge in [0.15, 0.2) is 0 Å². The van der Waals surface area contributed by atoms with E-state index < -0.39 is 0 Å². The lowest BCUT2D eigenvalue weighted by molar-refractivity contribution is 0.278. The summed E-state index contributed by atoms with van der Waals surface area (Å²) in [5.74, 6) is 3.18. The summed E-state index contributed by atoms with van der Waals surface area (Å²) in [6, 6.07) is 5.18. The van der Waals surface area contributed by atoms with Crippen molar-refractivity contribution < 1.29 is 0 Å². The third-order valence-electron chi connectivity index (χ3n) is 4.99. The zero-order valence-electron chi connectivity index (χ0n) is 11.4. The molecule has 100 valence electrons. The van der Waals surface area contributed by atoms with Gasteiger partial charge in [-0.05, 0) is 67.8 Å². The Morgan fingerprint density at radius 3 is 2.94 bits per heavy atom. The van der Waals surface area contributed by atoms with Gasteiger partial charge in [0.1, 0.15) is 0 Å². The molecule has 2 fully saturated rings. The van der Waals surface area contributed by atoms with E-state index in [1.807, 2.05) is 11.3 Å². The Morgan fingerprint density at radius 1 is 1.39 bits per heavy atom. The van der Waals surface area contributed by atoms with Crippen LogP contribution in [0.2, 0.25) is 0 Å². The van der Waals surface area contributed by atoms with Crippen LogP contribution in [-0.4, -0.2) is 12.6 Å². The van der Waals surface area contributed by atoms with Crippen molar-refractivity contribution in [1.82, 2.24) is 5.32 Å². The third-order valence-corrected chi connectivity index (χ3v) is 5.89. The number of thiophene rings is 1. The van der Waals surface area contributed by atoms with Crippen LogP contribution in [0.15, 0.2) is 17.5 Å². The quantitative estimate of drug-likeness (QED) is 0.815. The lowest BCUT2D eigenvalue weighted by Crippen LogP contribution is -2.34. The van der Waals surface area contributed by atoms with Gasteiger partial charge in [0, 0.05) is 10.9 Å². The lowest BCUT2D eigenvalue weighted by atomic mass is 9.83. The van der Waals surface area contributed by atoms with E-state index in [9.17, 15) is 0 Å². The highest BCUT2D eigenvalue weighted by Gasteiger charge is 2.39. The van der Waals surface area contributed by atoms with Gasteiger partial charge in [-0.3, -0.25) is 0 Å². The summed E-state index contributed by atoms with van der Waals surface area (Å²) < 4.78 is 0. The summed E-state index contributed by atoms with van der Waals surface area (Å²) in [5.41, 5.74) is 0. The van der Waals surface area contributed by atoms with Crippen LogP contribution in [0.3, 0.4) is 0 Å². The van der Waals surface area contributed by atoms with Crippen molar-refractivity contribution in [2.75, 3.05) is 6.54 Å². The molecular formula is C16H25NS. The summed E-state index contributed by atoms with van der Waals surface area (Å²) in [4.78, 5) is 1.55. The molecule has 4 atom stereocenters. The second-order valence-corrected chi connectivity index (χ2v) is 7.24. The van der Waals surface area contributed by atoms with Gasteiger partial charge in [0.2, 0.25) is 0 Å². The van der Waals surface area contributed by atoms with Crippen LogP contribution in [0.25, 0.3) is 0 Å². The van der Waals surface area contributed by atoms with E-state index in [0.29, 0.717) is 6.04 Å². The topological polar surface area (TPSA) is 12.0 Å². The molecular weight excluding hydrogens is 238 g/mol. The lowest BCUT2D eigenvalue weighted by Gasteiger charge is -2.27. The van der Waals surface area contributed by atoms with E-state index in [1.54, 1.807) is 11.3 Å². The molecule has 0 radical (unpaired) electrons. The van der Waals surface area contributed by atoms with Crippen molar-refractivity contribution in [3.05, 3.63) is 22.4 Å². The Morgan fingerprint density at radius 2 is 2.33 bits per heavy atom. The van der Waals surface area contributed by atoms with Crippen LogP contribution in [0.1, 0.15) is 43.9 Å². The van der Waals surface area contributed by atoms with Crippen molar-refractivity contribution in [1.29, 1.82) is 0 Å². The summed E-state index contributed by atoms with van der Waals surface area (Å²) in [6.07, 6.45) is 8.76. The van der Waals surface area contributed by atoms with Crippen LogP contribution in [0, 0.1) is 17.8 Å². The van der Waals surface area contributed by atoms with Crippen LogP contribution in [0.4, 0.5) is 0 Å². The molecule has 1 aromatic heterocycles. The Bertz CT molecular complexity index is 359. The second-order valence-electron chi connectivity index (χ2n) is 6.21. The summed E-state index contributed by atoms with van der Waals surface area (Å²) >= 11 is 1.91. The average Bonchev–Trinajstić information content (AvgIpc) is 3.05. The molecule has 1 heterocycles. The maximum Gasteiger partial charge on any atom is 0.0118 e. The van der Waals surface area contributed by atoms with Gasteiger partial charge in [-0.25, -0.2) is 0 Å². The minimum atomic E-state index is 0.706. The Hall–Kier alpha value is -0.340. The number of rotatable bonds is 6. The van der Waals surface area contributed by atoms with Gasteiger partial charge in [-0.1, -0.05) is 19.4 Å². The standard InChI is InChI=1S/C16H25NS/c1-2-17-15(11-16-4-3-7-18-16)10-14-9-12-5-6-13(14)8-12/h3-4,7,12-15,17H,2,5-6,8-11H2,1H3. The van der Waals surface area contributed by atoms with Crippen LogP contribution in [-0.2, 0) is 6.42 Å².